The third-order valence-electron chi connectivity index (χ3n) is 3.15. The van der Waals surface area contributed by atoms with Gasteiger partial charge >= 0.3 is 0 Å². The summed E-state index contributed by atoms with van der Waals surface area (Å²) in [6.07, 6.45) is 3.22. The van der Waals surface area contributed by atoms with Crippen LogP contribution in [0.25, 0.3) is 20.4 Å². The van der Waals surface area contributed by atoms with E-state index in [4.69, 9.17) is 4.74 Å². The molecule has 3 aromatic rings. The lowest BCUT2D eigenvalue weighted by molar-refractivity contribution is 0.226. The van der Waals surface area contributed by atoms with E-state index in [1.54, 1.807) is 6.20 Å². The summed E-state index contributed by atoms with van der Waals surface area (Å²) in [5, 5.41) is 4.21. The first-order valence-corrected chi connectivity index (χ1v) is 6.75. The van der Waals surface area contributed by atoms with Crippen LogP contribution >= 0.6 is 11.3 Å². The van der Waals surface area contributed by atoms with E-state index >= 15 is 0 Å². The van der Waals surface area contributed by atoms with Crippen molar-refractivity contribution in [3.05, 3.63) is 22.9 Å². The molecule has 0 spiro atoms. The van der Waals surface area contributed by atoms with E-state index in [0.29, 0.717) is 16.0 Å². The highest BCUT2D eigenvalue weighted by molar-refractivity contribution is 7.25. The van der Waals surface area contributed by atoms with E-state index in [2.05, 4.69) is 20.3 Å². The highest BCUT2D eigenvalue weighted by Gasteiger charge is 2.22. The van der Waals surface area contributed by atoms with Gasteiger partial charge in [0.25, 0.3) is 5.56 Å². The van der Waals surface area contributed by atoms with Gasteiger partial charge in [-0.15, -0.1) is 11.3 Å². The molecule has 6 nitrogen and oxygen atoms in total. The van der Waals surface area contributed by atoms with E-state index in [1.807, 2.05) is 6.92 Å². The number of aromatic amines is 1. The first-order chi connectivity index (χ1) is 9.24. The molecule has 0 fully saturated rings. The number of hydrogen-bond donors (Lipinski definition) is 2. The van der Waals surface area contributed by atoms with Gasteiger partial charge in [0.2, 0.25) is 0 Å². The second kappa shape index (κ2) is 3.67. The molecular formula is C12H10N4O2S. The monoisotopic (exact) mass is 274 g/mol. The van der Waals surface area contributed by atoms with Crippen molar-refractivity contribution in [2.75, 3.05) is 11.9 Å². The average molecular weight is 274 g/mol. The third kappa shape index (κ3) is 1.45. The molecule has 0 saturated heterocycles. The molecule has 0 aromatic carbocycles. The molecule has 1 atom stereocenters. The normalized spacial score (nSPS) is 18.1. The molecule has 0 amide bonds. The second-order valence-corrected chi connectivity index (χ2v) is 5.50. The molecule has 0 saturated carbocycles. The van der Waals surface area contributed by atoms with Gasteiger partial charge in [0, 0.05) is 0 Å². The van der Waals surface area contributed by atoms with Crippen molar-refractivity contribution < 1.29 is 4.74 Å². The quantitative estimate of drug-likeness (QED) is 0.652. The molecule has 1 aliphatic heterocycles. The van der Waals surface area contributed by atoms with Crippen LogP contribution in [0.15, 0.2) is 17.3 Å². The molecule has 0 bridgehead atoms. The van der Waals surface area contributed by atoms with Gasteiger partial charge in [0.15, 0.2) is 5.75 Å². The van der Waals surface area contributed by atoms with Gasteiger partial charge in [0.1, 0.15) is 21.2 Å². The summed E-state index contributed by atoms with van der Waals surface area (Å²) in [6.45, 7) is 2.72. The van der Waals surface area contributed by atoms with Crippen molar-refractivity contribution in [1.82, 2.24) is 15.0 Å². The van der Waals surface area contributed by atoms with Crippen molar-refractivity contribution >= 4 is 37.5 Å². The Hall–Kier alpha value is -2.15. The van der Waals surface area contributed by atoms with Crippen LogP contribution in [0.2, 0.25) is 0 Å². The van der Waals surface area contributed by atoms with Crippen molar-refractivity contribution in [1.29, 1.82) is 0 Å². The van der Waals surface area contributed by atoms with Crippen LogP contribution in [-0.4, -0.2) is 27.6 Å². The molecule has 4 rings (SSSR count). The molecule has 7 heteroatoms. The van der Waals surface area contributed by atoms with Gasteiger partial charge in [-0.2, -0.15) is 0 Å². The molecule has 19 heavy (non-hydrogen) atoms. The number of H-pyrrole nitrogens is 1. The Kier molecular flexibility index (Phi) is 2.08. The molecule has 3 aromatic heterocycles. The fraction of sp³-hybridized carbons (Fsp3) is 0.250. The van der Waals surface area contributed by atoms with Crippen LogP contribution in [0.3, 0.4) is 0 Å². The highest BCUT2D eigenvalue weighted by atomic mass is 32.1. The number of aromatic nitrogens is 3. The van der Waals surface area contributed by atoms with Gasteiger partial charge in [-0.1, -0.05) is 0 Å². The van der Waals surface area contributed by atoms with Crippen molar-refractivity contribution in [2.45, 2.75) is 13.0 Å². The van der Waals surface area contributed by atoms with E-state index in [0.717, 1.165) is 22.4 Å². The van der Waals surface area contributed by atoms with Crippen molar-refractivity contribution in [2.24, 2.45) is 0 Å². The topological polar surface area (TPSA) is 79.9 Å². The molecule has 0 aliphatic carbocycles. The van der Waals surface area contributed by atoms with Gasteiger partial charge in [-0.3, -0.25) is 4.79 Å². The van der Waals surface area contributed by atoms with Gasteiger partial charge < -0.3 is 15.0 Å². The number of nitrogens with one attached hydrogen (secondary N) is 2. The minimum absolute atomic E-state index is 0.105. The van der Waals surface area contributed by atoms with Crippen LogP contribution in [0.5, 0.6) is 5.75 Å². The Bertz CT molecular complexity index is 854. The Balaban J connectivity index is 2.16. The molecule has 0 unspecified atom stereocenters. The van der Waals surface area contributed by atoms with E-state index in [1.165, 1.54) is 17.7 Å². The van der Waals surface area contributed by atoms with Crippen molar-refractivity contribution in [3.63, 3.8) is 0 Å². The predicted molar refractivity (Wildman–Crippen MR) is 74.1 cm³/mol. The largest absolute Gasteiger partial charge is 0.485 e. The van der Waals surface area contributed by atoms with E-state index < -0.39 is 0 Å². The fourth-order valence-electron chi connectivity index (χ4n) is 2.30. The Morgan fingerprint density at radius 2 is 2.37 bits per heavy atom. The van der Waals surface area contributed by atoms with Gasteiger partial charge in [0.05, 0.1) is 30.1 Å². The molecule has 0 radical (unpaired) electrons. The summed E-state index contributed by atoms with van der Waals surface area (Å²) in [4.78, 5) is 23.8. The second-order valence-electron chi connectivity index (χ2n) is 4.50. The lowest BCUT2D eigenvalue weighted by atomic mass is 10.2. The van der Waals surface area contributed by atoms with E-state index in [9.17, 15) is 4.79 Å². The van der Waals surface area contributed by atoms with Gasteiger partial charge in [-0.25, -0.2) is 9.97 Å². The number of ether oxygens (including phenoxy) is 1. The average Bonchev–Trinajstić information content (AvgIpc) is 2.79. The SMILES string of the molecule is C[C@@H]1CNc2c(cnc3sc4c(=O)[nH]cnc4c23)O1. The molecular weight excluding hydrogens is 264 g/mol. The van der Waals surface area contributed by atoms with Gasteiger partial charge in [-0.05, 0) is 6.92 Å². The molecule has 1 aliphatic rings. The highest BCUT2D eigenvalue weighted by Crippen LogP contribution is 2.40. The number of fused-ring (bicyclic) bond motifs is 5. The Labute approximate surface area is 111 Å². The lowest BCUT2D eigenvalue weighted by Gasteiger charge is -2.24. The maximum atomic E-state index is 11.8. The zero-order chi connectivity index (χ0) is 13.0. The third-order valence-corrected chi connectivity index (χ3v) is 4.24. The maximum absolute atomic E-state index is 11.8. The standard InChI is InChI=1S/C12H10N4O2S/c1-5-2-13-8-6(18-5)3-14-12-7(8)9-10(19-12)11(17)16-4-15-9/h3-5,13H,2H2,1H3,(H,15,16,17)/t5-/m1/s1. The summed E-state index contributed by atoms with van der Waals surface area (Å²) < 4.78 is 6.35. The molecule has 2 N–H and O–H groups in total. The predicted octanol–water partition coefficient (Wildman–Crippen LogP) is 1.73. The Morgan fingerprint density at radius 1 is 1.47 bits per heavy atom. The van der Waals surface area contributed by atoms with Crippen molar-refractivity contribution in [3.8, 4) is 5.75 Å². The number of anilines is 1. The summed E-state index contributed by atoms with van der Waals surface area (Å²) in [5.74, 6) is 0.716. The number of rotatable bonds is 0. The lowest BCUT2D eigenvalue weighted by Crippen LogP contribution is -2.27. The summed E-state index contributed by atoms with van der Waals surface area (Å²) in [5.41, 5.74) is 1.43. The van der Waals surface area contributed by atoms with Crippen LogP contribution in [0.4, 0.5) is 5.69 Å². The summed E-state index contributed by atoms with van der Waals surface area (Å²) in [6, 6.07) is 0. The summed E-state index contributed by atoms with van der Waals surface area (Å²) >= 11 is 1.35. The van der Waals surface area contributed by atoms with E-state index in [-0.39, 0.29) is 11.7 Å². The number of pyridine rings is 1. The fourth-order valence-corrected chi connectivity index (χ4v) is 3.30. The van der Waals surface area contributed by atoms with Crippen LogP contribution < -0.4 is 15.6 Å². The van der Waals surface area contributed by atoms with Crippen LogP contribution in [0.1, 0.15) is 6.92 Å². The minimum atomic E-state index is -0.133. The maximum Gasteiger partial charge on any atom is 0.268 e. The van der Waals surface area contributed by atoms with Crippen LogP contribution in [0, 0.1) is 0 Å². The smallest absolute Gasteiger partial charge is 0.268 e. The first kappa shape index (κ1) is 10.7. The first-order valence-electron chi connectivity index (χ1n) is 5.93. The Morgan fingerprint density at radius 3 is 3.26 bits per heavy atom. The number of nitrogens with zero attached hydrogens (tertiary/aromatic N) is 2. The number of hydrogen-bond acceptors (Lipinski definition) is 6. The molecule has 96 valence electrons. The molecule has 4 heterocycles. The number of thiophene rings is 1. The zero-order valence-corrected chi connectivity index (χ0v) is 10.9. The zero-order valence-electron chi connectivity index (χ0n) is 10.1. The minimum Gasteiger partial charge on any atom is -0.485 e. The van der Waals surface area contributed by atoms with Crippen LogP contribution in [-0.2, 0) is 0 Å². The summed E-state index contributed by atoms with van der Waals surface area (Å²) in [7, 11) is 0.